The first-order chi connectivity index (χ1) is 13.1. The van der Waals surface area contributed by atoms with Crippen LogP contribution >= 0.6 is 11.8 Å². The minimum atomic E-state index is -0.608. The summed E-state index contributed by atoms with van der Waals surface area (Å²) in [5.41, 5.74) is 1.70. The van der Waals surface area contributed by atoms with Crippen molar-refractivity contribution in [2.75, 3.05) is 6.54 Å². The van der Waals surface area contributed by atoms with Gasteiger partial charge in [-0.2, -0.15) is 5.26 Å². The zero-order valence-corrected chi connectivity index (χ0v) is 15.9. The van der Waals surface area contributed by atoms with E-state index in [-0.39, 0.29) is 19.1 Å². The number of hydrogen-bond donors (Lipinski definition) is 1. The summed E-state index contributed by atoms with van der Waals surface area (Å²) in [5, 5.41) is 19.3. The zero-order valence-electron chi connectivity index (χ0n) is 15.0. The number of fused-ring (bicyclic) bond motifs is 1. The van der Waals surface area contributed by atoms with Crippen molar-refractivity contribution in [1.29, 1.82) is 5.26 Å². The van der Waals surface area contributed by atoms with Crippen molar-refractivity contribution in [2.45, 2.75) is 36.2 Å². The molecule has 0 saturated carbocycles. The lowest BCUT2D eigenvalue weighted by Gasteiger charge is -2.11. The first-order valence-electron chi connectivity index (χ1n) is 8.46. The van der Waals surface area contributed by atoms with Crippen LogP contribution in [0.2, 0.25) is 0 Å². The minimum Gasteiger partial charge on any atom is -0.445 e. The second kappa shape index (κ2) is 8.56. The van der Waals surface area contributed by atoms with Gasteiger partial charge in [0.05, 0.1) is 6.07 Å². The van der Waals surface area contributed by atoms with E-state index in [4.69, 9.17) is 10.00 Å². The molecule has 3 rings (SSSR count). The van der Waals surface area contributed by atoms with Gasteiger partial charge >= 0.3 is 6.09 Å². The molecule has 0 radical (unpaired) electrons. The topological polar surface area (TPSA) is 92.3 Å². The molecule has 0 atom stereocenters. The molecular weight excluding hydrogens is 362 g/mol. The highest BCUT2D eigenvalue weighted by Gasteiger charge is 2.11. The molecule has 27 heavy (non-hydrogen) atoms. The molecule has 2 heterocycles. The van der Waals surface area contributed by atoms with Crippen molar-refractivity contribution in [3.8, 4) is 6.07 Å². The molecule has 8 heteroatoms. The van der Waals surface area contributed by atoms with Crippen molar-refractivity contribution >= 4 is 23.5 Å². The van der Waals surface area contributed by atoms with Gasteiger partial charge in [-0.15, -0.1) is 10.2 Å². The quantitative estimate of drug-likeness (QED) is 0.654. The predicted octanol–water partition coefficient (Wildman–Crippen LogP) is 3.75. The van der Waals surface area contributed by atoms with E-state index >= 15 is 0 Å². The summed E-state index contributed by atoms with van der Waals surface area (Å²) in [6.07, 6.45) is 1.41. The van der Waals surface area contributed by atoms with Crippen LogP contribution in [0.5, 0.6) is 0 Å². The maximum Gasteiger partial charge on any atom is 0.408 e. The Balaban J connectivity index is 1.78. The molecule has 7 nitrogen and oxygen atoms in total. The fourth-order valence-electron chi connectivity index (χ4n) is 2.50. The van der Waals surface area contributed by atoms with Gasteiger partial charge in [-0.05, 0) is 18.2 Å². The van der Waals surface area contributed by atoms with E-state index in [1.165, 1.54) is 0 Å². The normalized spacial score (nSPS) is 10.7. The SMILES string of the molecule is CC(C)c1nnc2ccc(Sc3ccccc3COC(=O)NCC#N)cn12. The van der Waals surface area contributed by atoms with Crippen molar-refractivity contribution in [1.82, 2.24) is 19.9 Å². The molecule has 138 valence electrons. The van der Waals surface area contributed by atoms with Crippen molar-refractivity contribution in [3.05, 3.63) is 54.0 Å². The Morgan fingerprint density at radius 1 is 1.30 bits per heavy atom. The monoisotopic (exact) mass is 381 g/mol. The van der Waals surface area contributed by atoms with E-state index in [0.717, 1.165) is 26.8 Å². The lowest BCUT2D eigenvalue weighted by molar-refractivity contribution is 0.140. The van der Waals surface area contributed by atoms with Crippen LogP contribution in [0.4, 0.5) is 4.79 Å². The standard InChI is InChI=1S/C19H19N5O2S/c1-13(2)18-23-22-17-8-7-15(11-24(17)18)27-16-6-4-3-5-14(16)12-26-19(25)21-10-9-20/h3-8,11,13H,10,12H2,1-2H3,(H,21,25). The molecule has 0 aliphatic rings. The number of aromatic nitrogens is 3. The molecule has 0 fully saturated rings. The summed E-state index contributed by atoms with van der Waals surface area (Å²) in [5.74, 6) is 1.19. The average Bonchev–Trinajstić information content (AvgIpc) is 3.09. The highest BCUT2D eigenvalue weighted by atomic mass is 32.2. The molecule has 0 aliphatic heterocycles. The number of alkyl carbamates (subject to hydrolysis) is 1. The Labute approximate surface area is 161 Å². The molecule has 0 saturated heterocycles. The molecule has 1 amide bonds. The highest BCUT2D eigenvalue weighted by Crippen LogP contribution is 2.31. The average molecular weight is 381 g/mol. The Morgan fingerprint density at radius 2 is 2.11 bits per heavy atom. The van der Waals surface area contributed by atoms with Crippen LogP contribution in [0, 0.1) is 11.3 Å². The van der Waals surface area contributed by atoms with Crippen LogP contribution < -0.4 is 5.32 Å². The number of amides is 1. The highest BCUT2D eigenvalue weighted by molar-refractivity contribution is 7.99. The first kappa shape index (κ1) is 18.7. The van der Waals surface area contributed by atoms with Crippen molar-refractivity contribution < 1.29 is 9.53 Å². The van der Waals surface area contributed by atoms with E-state index in [2.05, 4.69) is 29.4 Å². The second-order valence-corrected chi connectivity index (χ2v) is 7.22. The number of ether oxygens (including phenoxy) is 1. The van der Waals surface area contributed by atoms with Crippen molar-refractivity contribution in [3.63, 3.8) is 0 Å². The van der Waals surface area contributed by atoms with E-state index in [1.54, 1.807) is 11.8 Å². The Bertz CT molecular complexity index is 993. The van der Waals surface area contributed by atoms with Gasteiger partial charge < -0.3 is 10.1 Å². The van der Waals surface area contributed by atoms with Crippen LogP contribution in [-0.2, 0) is 11.3 Å². The second-order valence-electron chi connectivity index (χ2n) is 6.10. The Kier molecular flexibility index (Phi) is 5.94. The van der Waals surface area contributed by atoms with Crippen LogP contribution in [0.25, 0.3) is 5.65 Å². The molecule has 0 aliphatic carbocycles. The minimum absolute atomic E-state index is 0.0770. The number of benzene rings is 1. The number of pyridine rings is 1. The van der Waals surface area contributed by atoms with Crippen molar-refractivity contribution in [2.24, 2.45) is 0 Å². The molecule has 0 bridgehead atoms. The third kappa shape index (κ3) is 4.57. The van der Waals surface area contributed by atoms with Gasteiger partial charge in [0.25, 0.3) is 0 Å². The van der Waals surface area contributed by atoms with Crippen LogP contribution in [-0.4, -0.2) is 27.2 Å². The smallest absolute Gasteiger partial charge is 0.408 e. The molecule has 1 aromatic carbocycles. The van der Waals surface area contributed by atoms with Gasteiger partial charge in [0.15, 0.2) is 5.65 Å². The number of nitrogens with one attached hydrogen (secondary N) is 1. The molecule has 0 spiro atoms. The van der Waals surface area contributed by atoms with E-state index < -0.39 is 6.09 Å². The fourth-order valence-corrected chi connectivity index (χ4v) is 3.45. The number of hydrogen-bond acceptors (Lipinski definition) is 6. The lowest BCUT2D eigenvalue weighted by Crippen LogP contribution is -2.24. The van der Waals surface area contributed by atoms with Gasteiger partial charge in [0.1, 0.15) is 19.0 Å². The van der Waals surface area contributed by atoms with Gasteiger partial charge in [0, 0.05) is 27.5 Å². The molecule has 2 aromatic heterocycles. The third-order valence-electron chi connectivity index (χ3n) is 3.79. The number of nitriles is 1. The predicted molar refractivity (Wildman–Crippen MR) is 101 cm³/mol. The van der Waals surface area contributed by atoms with Gasteiger partial charge in [-0.1, -0.05) is 43.8 Å². The Morgan fingerprint density at radius 3 is 2.89 bits per heavy atom. The molecule has 1 N–H and O–H groups in total. The maximum atomic E-state index is 11.6. The number of nitrogens with zero attached hydrogens (tertiary/aromatic N) is 4. The van der Waals surface area contributed by atoms with Gasteiger partial charge in [-0.3, -0.25) is 4.40 Å². The molecule has 3 aromatic rings. The summed E-state index contributed by atoms with van der Waals surface area (Å²) < 4.78 is 7.18. The molecular formula is C19H19N5O2S. The largest absolute Gasteiger partial charge is 0.445 e. The summed E-state index contributed by atoms with van der Waals surface area (Å²) in [7, 11) is 0. The summed E-state index contributed by atoms with van der Waals surface area (Å²) in [6, 6.07) is 13.5. The Hall–Kier alpha value is -3.05. The van der Waals surface area contributed by atoms with Gasteiger partial charge in [0.2, 0.25) is 0 Å². The van der Waals surface area contributed by atoms with Crippen LogP contribution in [0.1, 0.15) is 31.2 Å². The zero-order chi connectivity index (χ0) is 19.2. The number of carbonyl (C=O) groups excluding carboxylic acids is 1. The number of carbonyl (C=O) groups is 1. The van der Waals surface area contributed by atoms with Crippen LogP contribution in [0.15, 0.2) is 52.4 Å². The van der Waals surface area contributed by atoms with Gasteiger partial charge in [-0.25, -0.2) is 4.79 Å². The van der Waals surface area contributed by atoms with E-state index in [1.807, 2.05) is 53.1 Å². The van der Waals surface area contributed by atoms with E-state index in [9.17, 15) is 4.79 Å². The fraction of sp³-hybridized carbons (Fsp3) is 0.263. The first-order valence-corrected chi connectivity index (χ1v) is 9.28. The summed E-state index contributed by atoms with van der Waals surface area (Å²) in [4.78, 5) is 13.6. The lowest BCUT2D eigenvalue weighted by atomic mass is 10.2. The summed E-state index contributed by atoms with van der Waals surface area (Å²) in [6.45, 7) is 4.22. The maximum absolute atomic E-state index is 11.6. The third-order valence-corrected chi connectivity index (χ3v) is 4.88. The van der Waals surface area contributed by atoms with Crippen LogP contribution in [0.3, 0.4) is 0 Å². The molecule has 0 unspecified atom stereocenters. The number of rotatable bonds is 6. The van der Waals surface area contributed by atoms with E-state index in [0.29, 0.717) is 0 Å². The summed E-state index contributed by atoms with van der Waals surface area (Å²) >= 11 is 1.58.